The minimum absolute atomic E-state index is 0.0101. The number of pyridine rings is 1. The molecule has 2 aromatic heterocycles. The van der Waals surface area contributed by atoms with E-state index in [2.05, 4.69) is 15.2 Å². The maximum Gasteiger partial charge on any atom is 0.287 e. The van der Waals surface area contributed by atoms with Crippen LogP contribution >= 0.6 is 0 Å². The first-order valence-corrected chi connectivity index (χ1v) is 8.90. The quantitative estimate of drug-likeness (QED) is 0.872. The van der Waals surface area contributed by atoms with Crippen LogP contribution in [0.4, 0.5) is 5.69 Å². The highest BCUT2D eigenvalue weighted by Crippen LogP contribution is 2.16. The predicted molar refractivity (Wildman–Crippen MR) is 96.6 cm³/mol. The molecule has 2 amide bonds. The van der Waals surface area contributed by atoms with Gasteiger partial charge in [-0.2, -0.15) is 0 Å². The summed E-state index contributed by atoms with van der Waals surface area (Å²) >= 11 is 0. The van der Waals surface area contributed by atoms with Crippen LogP contribution in [0, 0.1) is 5.92 Å². The van der Waals surface area contributed by atoms with Gasteiger partial charge in [0.05, 0.1) is 6.26 Å². The van der Waals surface area contributed by atoms with Crippen LogP contribution in [-0.2, 0) is 4.79 Å². The minimum atomic E-state index is -0.564. The molecule has 0 aromatic carbocycles. The van der Waals surface area contributed by atoms with Gasteiger partial charge in [-0.15, -0.1) is 0 Å². The number of furan rings is 1. The van der Waals surface area contributed by atoms with Crippen LogP contribution in [0.25, 0.3) is 0 Å². The topological polar surface area (TPSA) is 79.9 Å². The maximum absolute atomic E-state index is 12.9. The first kappa shape index (κ1) is 18.0. The average Bonchev–Trinajstić information content (AvgIpc) is 3.21. The van der Waals surface area contributed by atoms with E-state index in [-0.39, 0.29) is 23.5 Å². The number of amides is 2. The Labute approximate surface area is 153 Å². The van der Waals surface area contributed by atoms with Gasteiger partial charge in [-0.25, -0.2) is 4.98 Å². The number of piperazine rings is 1. The molecule has 3 heterocycles. The number of nitrogens with one attached hydrogen (secondary N) is 2. The van der Waals surface area contributed by atoms with Gasteiger partial charge in [0.25, 0.3) is 5.91 Å². The summed E-state index contributed by atoms with van der Waals surface area (Å²) in [6.45, 7) is 6.68. The largest absolute Gasteiger partial charge is 0.459 e. The fourth-order valence-electron chi connectivity index (χ4n) is 3.10. The Bertz CT molecular complexity index is 723. The second-order valence-electron chi connectivity index (χ2n) is 6.74. The first-order chi connectivity index (χ1) is 12.6. The molecule has 0 bridgehead atoms. The van der Waals surface area contributed by atoms with Gasteiger partial charge in [0.15, 0.2) is 18.2 Å². The van der Waals surface area contributed by atoms with Crippen molar-refractivity contribution < 1.29 is 19.0 Å². The number of anilines is 1. The predicted octanol–water partition coefficient (Wildman–Crippen LogP) is 1.20. The lowest BCUT2D eigenvalue weighted by Crippen LogP contribution is -2.56. The van der Waals surface area contributed by atoms with Crippen molar-refractivity contribution in [3.05, 3.63) is 48.7 Å². The van der Waals surface area contributed by atoms with Crippen LogP contribution in [0.3, 0.4) is 0 Å². The highest BCUT2D eigenvalue weighted by molar-refractivity contribution is 5.95. The zero-order chi connectivity index (χ0) is 18.5. The molecule has 7 nitrogen and oxygen atoms in total. The zero-order valence-corrected chi connectivity index (χ0v) is 15.1. The standard InChI is InChI=1S/C19H24N4O3/c1-14(2)17(21-18(24)16-4-3-13-26-16)19(25)23-11-9-22(10-12-23)15-5-7-20-8-6-15/h3-8,13-14,17H,9-12H2,1-2H3,(H,21,24)/p+1/t17-/m0/s1. The van der Waals surface area contributed by atoms with Gasteiger partial charge < -0.3 is 19.5 Å². The number of rotatable bonds is 5. The van der Waals surface area contributed by atoms with Gasteiger partial charge in [0.1, 0.15) is 6.04 Å². The summed E-state index contributed by atoms with van der Waals surface area (Å²) in [5.41, 5.74) is 1.14. The number of hydrogen-bond donors (Lipinski definition) is 1. The minimum Gasteiger partial charge on any atom is -0.459 e. The van der Waals surface area contributed by atoms with Crippen molar-refractivity contribution in [3.8, 4) is 0 Å². The third-order valence-electron chi connectivity index (χ3n) is 4.62. The lowest BCUT2D eigenvalue weighted by Gasteiger charge is -2.38. The Kier molecular flexibility index (Phi) is 5.55. The second-order valence-corrected chi connectivity index (χ2v) is 6.74. The molecule has 1 saturated heterocycles. The summed E-state index contributed by atoms with van der Waals surface area (Å²) < 4.78 is 5.12. The van der Waals surface area contributed by atoms with E-state index < -0.39 is 6.04 Å². The van der Waals surface area contributed by atoms with Crippen molar-refractivity contribution >= 4 is 17.5 Å². The number of aromatic amines is 1. The molecule has 0 radical (unpaired) electrons. The summed E-state index contributed by atoms with van der Waals surface area (Å²) in [5, 5.41) is 2.82. The molecule has 1 atom stereocenters. The fraction of sp³-hybridized carbons (Fsp3) is 0.421. The van der Waals surface area contributed by atoms with Crippen molar-refractivity contribution in [1.82, 2.24) is 10.2 Å². The molecule has 138 valence electrons. The molecule has 0 unspecified atom stereocenters. The molecule has 26 heavy (non-hydrogen) atoms. The van der Waals surface area contributed by atoms with Gasteiger partial charge >= 0.3 is 0 Å². The summed E-state index contributed by atoms with van der Waals surface area (Å²) in [7, 11) is 0. The number of hydrogen-bond acceptors (Lipinski definition) is 4. The summed E-state index contributed by atoms with van der Waals surface area (Å²) in [6, 6.07) is 6.73. The van der Waals surface area contributed by atoms with E-state index in [9.17, 15) is 9.59 Å². The molecule has 2 aromatic rings. The van der Waals surface area contributed by atoms with Crippen molar-refractivity contribution in [2.75, 3.05) is 31.1 Å². The fourth-order valence-corrected chi connectivity index (χ4v) is 3.10. The Morgan fingerprint density at radius 3 is 2.38 bits per heavy atom. The van der Waals surface area contributed by atoms with Crippen molar-refractivity contribution in [2.24, 2.45) is 5.92 Å². The maximum atomic E-state index is 12.9. The molecule has 3 rings (SSSR count). The summed E-state index contributed by atoms with van der Waals surface area (Å²) in [6.07, 6.45) is 5.24. The lowest BCUT2D eigenvalue weighted by molar-refractivity contribution is -0.377. The smallest absolute Gasteiger partial charge is 0.287 e. The molecule has 0 saturated carbocycles. The molecule has 1 aliphatic rings. The molecular weight excluding hydrogens is 332 g/mol. The van der Waals surface area contributed by atoms with Crippen molar-refractivity contribution in [2.45, 2.75) is 19.9 Å². The highest BCUT2D eigenvalue weighted by Gasteiger charge is 2.31. The number of nitrogens with zero attached hydrogens (tertiary/aromatic N) is 2. The first-order valence-electron chi connectivity index (χ1n) is 8.90. The lowest BCUT2D eigenvalue weighted by atomic mass is 10.0. The van der Waals surface area contributed by atoms with E-state index >= 15 is 0 Å². The Morgan fingerprint density at radius 1 is 1.12 bits per heavy atom. The van der Waals surface area contributed by atoms with Crippen LogP contribution in [0.5, 0.6) is 0 Å². The third kappa shape index (κ3) is 4.04. The molecule has 7 heteroatoms. The van der Waals surface area contributed by atoms with Crippen LogP contribution in [-0.4, -0.2) is 48.9 Å². The van der Waals surface area contributed by atoms with Crippen molar-refractivity contribution in [3.63, 3.8) is 0 Å². The molecule has 0 aliphatic carbocycles. The normalized spacial score (nSPS) is 15.8. The molecular formula is C19H25N4O3+. The van der Waals surface area contributed by atoms with Crippen LogP contribution in [0.2, 0.25) is 0 Å². The van der Waals surface area contributed by atoms with Crippen LogP contribution in [0.15, 0.2) is 47.3 Å². The Hall–Kier alpha value is -2.83. The molecule has 2 N–H and O–H groups in total. The average molecular weight is 357 g/mol. The van der Waals surface area contributed by atoms with Crippen LogP contribution < -0.4 is 15.2 Å². The van der Waals surface area contributed by atoms with Crippen molar-refractivity contribution in [1.29, 1.82) is 0 Å². The Morgan fingerprint density at radius 2 is 1.81 bits per heavy atom. The third-order valence-corrected chi connectivity index (χ3v) is 4.62. The molecule has 1 aliphatic heterocycles. The monoisotopic (exact) mass is 357 g/mol. The van der Waals surface area contributed by atoms with Gasteiger partial charge in [0.2, 0.25) is 5.91 Å². The summed E-state index contributed by atoms with van der Waals surface area (Å²) in [4.78, 5) is 32.3. The number of H-pyrrole nitrogens is 1. The van der Waals surface area contributed by atoms with Gasteiger partial charge in [-0.1, -0.05) is 13.8 Å². The van der Waals surface area contributed by atoms with E-state index in [1.54, 1.807) is 12.1 Å². The number of aromatic nitrogens is 1. The Balaban J connectivity index is 1.60. The van der Waals surface area contributed by atoms with Crippen LogP contribution in [0.1, 0.15) is 24.4 Å². The van der Waals surface area contributed by atoms with E-state index in [1.165, 1.54) is 6.26 Å². The van der Waals surface area contributed by atoms with E-state index in [4.69, 9.17) is 4.42 Å². The molecule has 1 fully saturated rings. The van der Waals surface area contributed by atoms with E-state index in [1.807, 2.05) is 43.3 Å². The SMILES string of the molecule is CC(C)[C@H](NC(=O)c1ccco1)C(=O)N1CCN(c2cc[nH+]cc2)CC1. The second kappa shape index (κ2) is 8.03. The number of carbonyl (C=O) groups excluding carboxylic acids is 2. The molecule has 0 spiro atoms. The van der Waals surface area contributed by atoms with E-state index in [0.29, 0.717) is 13.1 Å². The van der Waals surface area contributed by atoms with E-state index in [0.717, 1.165) is 18.8 Å². The van der Waals surface area contributed by atoms with Gasteiger partial charge in [0, 0.05) is 44.0 Å². The number of carbonyl (C=O) groups is 2. The van der Waals surface area contributed by atoms with Gasteiger partial charge in [-0.3, -0.25) is 9.59 Å². The van der Waals surface area contributed by atoms with Gasteiger partial charge in [-0.05, 0) is 18.1 Å². The highest BCUT2D eigenvalue weighted by atomic mass is 16.3. The summed E-state index contributed by atoms with van der Waals surface area (Å²) in [5.74, 6) is -0.194. The zero-order valence-electron chi connectivity index (χ0n) is 15.1.